The SMILES string of the molecule is CC1(C2CCN(C(=O)NC3CCOCC3)CC2)C(O)c2cc(Cl)cc3cnn1c23. The van der Waals surface area contributed by atoms with E-state index in [1.807, 2.05) is 27.9 Å². The number of likely N-dealkylation sites (tertiary alicyclic amines) is 1. The predicted molar refractivity (Wildman–Crippen MR) is 110 cm³/mol. The van der Waals surface area contributed by atoms with E-state index in [2.05, 4.69) is 17.3 Å². The lowest BCUT2D eigenvalue weighted by Gasteiger charge is -2.43. The van der Waals surface area contributed by atoms with Crippen LogP contribution in [-0.2, 0) is 10.3 Å². The molecule has 0 radical (unpaired) electrons. The first-order valence-corrected chi connectivity index (χ1v) is 10.8. The van der Waals surface area contributed by atoms with Crippen LogP contribution in [0.1, 0.15) is 44.3 Å². The molecule has 3 aliphatic rings. The van der Waals surface area contributed by atoms with Gasteiger partial charge in [-0.1, -0.05) is 11.6 Å². The summed E-state index contributed by atoms with van der Waals surface area (Å²) in [4.78, 5) is 14.6. The zero-order chi connectivity index (χ0) is 20.2. The first kappa shape index (κ1) is 19.2. The quantitative estimate of drug-likeness (QED) is 0.785. The number of aromatic nitrogens is 2. The number of hydrogen-bond donors (Lipinski definition) is 2. The fourth-order valence-corrected chi connectivity index (χ4v) is 5.57. The third kappa shape index (κ3) is 3.02. The second kappa shape index (κ2) is 7.15. The van der Waals surface area contributed by atoms with Gasteiger partial charge in [-0.05, 0) is 50.7 Å². The number of nitrogens with one attached hydrogen (secondary N) is 1. The Morgan fingerprint density at radius 1 is 1.28 bits per heavy atom. The first-order valence-electron chi connectivity index (χ1n) is 10.5. The second-order valence-corrected chi connectivity index (χ2v) is 9.15. The number of amides is 2. The molecular weight excluding hydrogens is 392 g/mol. The molecule has 2 amide bonds. The molecule has 4 heterocycles. The topological polar surface area (TPSA) is 79.6 Å². The molecule has 2 saturated heterocycles. The number of rotatable bonds is 2. The molecule has 5 rings (SSSR count). The van der Waals surface area contributed by atoms with E-state index in [1.54, 1.807) is 0 Å². The van der Waals surface area contributed by atoms with Crippen molar-refractivity contribution in [3.05, 3.63) is 28.9 Å². The summed E-state index contributed by atoms with van der Waals surface area (Å²) in [5.74, 6) is 0.221. The summed E-state index contributed by atoms with van der Waals surface area (Å²) in [5.41, 5.74) is 1.30. The maximum Gasteiger partial charge on any atom is 0.317 e. The van der Waals surface area contributed by atoms with Crippen molar-refractivity contribution < 1.29 is 14.6 Å². The second-order valence-electron chi connectivity index (χ2n) is 8.72. The van der Waals surface area contributed by atoms with Gasteiger partial charge in [-0.15, -0.1) is 0 Å². The van der Waals surface area contributed by atoms with Crippen molar-refractivity contribution in [2.24, 2.45) is 5.92 Å². The number of benzene rings is 1. The van der Waals surface area contributed by atoms with Gasteiger partial charge in [0, 0.05) is 48.3 Å². The lowest BCUT2D eigenvalue weighted by molar-refractivity contribution is -0.0119. The van der Waals surface area contributed by atoms with Gasteiger partial charge in [0.1, 0.15) is 6.10 Å². The number of aliphatic hydroxyl groups excluding tert-OH is 1. The van der Waals surface area contributed by atoms with E-state index in [0.717, 1.165) is 42.1 Å². The molecule has 3 aliphatic heterocycles. The van der Waals surface area contributed by atoms with Crippen molar-refractivity contribution in [2.75, 3.05) is 26.3 Å². The predicted octanol–water partition coefficient (Wildman–Crippen LogP) is 3.05. The van der Waals surface area contributed by atoms with Crippen molar-refractivity contribution in [3.63, 3.8) is 0 Å². The van der Waals surface area contributed by atoms with E-state index < -0.39 is 11.6 Å². The van der Waals surface area contributed by atoms with Gasteiger partial charge in [-0.3, -0.25) is 4.68 Å². The fourth-order valence-electron chi connectivity index (χ4n) is 5.34. The molecule has 2 fully saturated rings. The molecule has 0 saturated carbocycles. The number of piperidine rings is 1. The largest absolute Gasteiger partial charge is 0.386 e. The van der Waals surface area contributed by atoms with Gasteiger partial charge < -0.3 is 20.1 Å². The fraction of sp³-hybridized carbons (Fsp3) is 0.619. The Labute approximate surface area is 174 Å². The molecule has 8 heteroatoms. The number of ether oxygens (including phenoxy) is 1. The molecule has 0 bridgehead atoms. The zero-order valence-corrected chi connectivity index (χ0v) is 17.4. The Kier molecular flexibility index (Phi) is 4.72. The van der Waals surface area contributed by atoms with Crippen LogP contribution in [0, 0.1) is 5.92 Å². The minimum absolute atomic E-state index is 0.0176. The van der Waals surface area contributed by atoms with Crippen LogP contribution >= 0.6 is 11.6 Å². The van der Waals surface area contributed by atoms with Gasteiger partial charge in [-0.2, -0.15) is 5.10 Å². The van der Waals surface area contributed by atoms with E-state index in [9.17, 15) is 9.90 Å². The molecule has 29 heavy (non-hydrogen) atoms. The third-order valence-electron chi connectivity index (χ3n) is 7.12. The van der Waals surface area contributed by atoms with Gasteiger partial charge >= 0.3 is 6.03 Å². The number of carbonyl (C=O) groups excluding carboxylic acids is 1. The number of halogens is 1. The van der Waals surface area contributed by atoms with Crippen LogP contribution in [0.5, 0.6) is 0 Å². The molecule has 2 N–H and O–H groups in total. The molecular formula is C21H27ClN4O3. The highest BCUT2D eigenvalue weighted by Crippen LogP contribution is 2.51. The highest BCUT2D eigenvalue weighted by molar-refractivity contribution is 6.31. The highest BCUT2D eigenvalue weighted by Gasteiger charge is 2.50. The minimum atomic E-state index is -0.653. The van der Waals surface area contributed by atoms with Crippen LogP contribution < -0.4 is 5.32 Å². The lowest BCUT2D eigenvalue weighted by Crippen LogP contribution is -2.52. The third-order valence-corrected chi connectivity index (χ3v) is 7.34. The maximum absolute atomic E-state index is 12.7. The molecule has 2 unspecified atom stereocenters. The van der Waals surface area contributed by atoms with Gasteiger partial charge in [-0.25, -0.2) is 4.79 Å². The van der Waals surface area contributed by atoms with Gasteiger partial charge in [0.25, 0.3) is 0 Å². The molecule has 0 aliphatic carbocycles. The molecule has 1 aromatic carbocycles. The first-order chi connectivity index (χ1) is 14.0. The summed E-state index contributed by atoms with van der Waals surface area (Å²) in [6.07, 6.45) is 4.59. The van der Waals surface area contributed by atoms with E-state index in [1.165, 1.54) is 0 Å². The number of urea groups is 1. The molecule has 0 spiro atoms. The summed E-state index contributed by atoms with van der Waals surface area (Å²) >= 11 is 6.25. The van der Waals surface area contributed by atoms with Gasteiger partial charge in [0.05, 0.1) is 17.3 Å². The Bertz CT molecular complexity index is 933. The molecule has 2 atom stereocenters. The van der Waals surface area contributed by atoms with E-state index in [0.29, 0.717) is 31.3 Å². The zero-order valence-electron chi connectivity index (χ0n) is 16.6. The van der Waals surface area contributed by atoms with Crippen LogP contribution in [0.2, 0.25) is 5.02 Å². The van der Waals surface area contributed by atoms with Crippen LogP contribution in [0.4, 0.5) is 4.79 Å². The number of aliphatic hydroxyl groups is 1. The van der Waals surface area contributed by atoms with Gasteiger partial charge in [0.15, 0.2) is 0 Å². The highest BCUT2D eigenvalue weighted by atomic mass is 35.5. The van der Waals surface area contributed by atoms with Crippen molar-refractivity contribution >= 4 is 28.5 Å². The molecule has 7 nitrogen and oxygen atoms in total. The summed E-state index contributed by atoms with van der Waals surface area (Å²) in [7, 11) is 0. The Hall–Kier alpha value is -1.83. The molecule has 1 aromatic heterocycles. The van der Waals surface area contributed by atoms with E-state index in [-0.39, 0.29) is 18.0 Å². The van der Waals surface area contributed by atoms with Crippen LogP contribution in [-0.4, -0.2) is 58.2 Å². The Balaban J connectivity index is 1.30. The molecule has 156 valence electrons. The average Bonchev–Trinajstić information content (AvgIpc) is 3.25. The summed E-state index contributed by atoms with van der Waals surface area (Å²) in [6.45, 7) is 4.88. The Morgan fingerprint density at radius 2 is 2.00 bits per heavy atom. The monoisotopic (exact) mass is 418 g/mol. The van der Waals surface area contributed by atoms with Crippen LogP contribution in [0.25, 0.3) is 10.9 Å². The minimum Gasteiger partial charge on any atom is -0.386 e. The smallest absolute Gasteiger partial charge is 0.317 e. The van der Waals surface area contributed by atoms with Crippen molar-refractivity contribution in [1.82, 2.24) is 20.0 Å². The standard InChI is InChI=1S/C21H27ClN4O3/c1-21(19(27)17-11-15(22)10-13-12-23-26(21)18(13)17)14-2-6-25(7-3-14)20(28)24-16-4-8-29-9-5-16/h10-12,14,16,19,27H,2-9H2,1H3,(H,24,28). The Morgan fingerprint density at radius 3 is 2.72 bits per heavy atom. The van der Waals surface area contributed by atoms with E-state index in [4.69, 9.17) is 16.3 Å². The van der Waals surface area contributed by atoms with Crippen LogP contribution in [0.3, 0.4) is 0 Å². The van der Waals surface area contributed by atoms with E-state index >= 15 is 0 Å². The maximum atomic E-state index is 12.7. The lowest BCUT2D eigenvalue weighted by atomic mass is 9.75. The number of nitrogens with zero attached hydrogens (tertiary/aromatic N) is 3. The van der Waals surface area contributed by atoms with Gasteiger partial charge in [0.2, 0.25) is 0 Å². The van der Waals surface area contributed by atoms with Crippen molar-refractivity contribution in [3.8, 4) is 0 Å². The van der Waals surface area contributed by atoms with Crippen LogP contribution in [0.15, 0.2) is 18.3 Å². The van der Waals surface area contributed by atoms with Crippen molar-refractivity contribution in [1.29, 1.82) is 0 Å². The average molecular weight is 419 g/mol. The van der Waals surface area contributed by atoms with Crippen molar-refractivity contribution in [2.45, 2.75) is 50.3 Å². The summed E-state index contributed by atoms with van der Waals surface area (Å²) < 4.78 is 7.35. The molecule has 2 aromatic rings. The summed E-state index contributed by atoms with van der Waals surface area (Å²) in [6, 6.07) is 3.98. The number of hydrogen-bond acceptors (Lipinski definition) is 4. The normalized spacial score (nSPS) is 28.2. The number of carbonyl (C=O) groups is 1. The summed E-state index contributed by atoms with van der Waals surface area (Å²) in [5, 5.41) is 20.6.